The molecule has 1 saturated heterocycles. The summed E-state index contributed by atoms with van der Waals surface area (Å²) >= 11 is 0. The minimum atomic E-state index is -0.836. The number of aliphatic hydroxyl groups is 2. The molecule has 21 heavy (non-hydrogen) atoms. The molecule has 0 aliphatic carbocycles. The zero-order valence-corrected chi connectivity index (χ0v) is 11.9. The van der Waals surface area contributed by atoms with E-state index >= 15 is 0 Å². The van der Waals surface area contributed by atoms with Gasteiger partial charge in [-0.25, -0.2) is 4.79 Å². The van der Waals surface area contributed by atoms with E-state index < -0.39 is 24.1 Å². The second-order valence-corrected chi connectivity index (χ2v) is 5.22. The van der Waals surface area contributed by atoms with Gasteiger partial charge in [-0.05, 0) is 19.9 Å². The summed E-state index contributed by atoms with van der Waals surface area (Å²) in [6.45, 7) is 1.92. The van der Waals surface area contributed by atoms with Gasteiger partial charge in [0.05, 0.1) is 12.7 Å². The fourth-order valence-electron chi connectivity index (χ4n) is 2.46. The molecule has 1 aromatic rings. The first-order chi connectivity index (χ1) is 9.99. The Bertz CT molecular complexity index is 609. The van der Waals surface area contributed by atoms with Crippen molar-refractivity contribution in [1.82, 2.24) is 9.13 Å². The Morgan fingerprint density at radius 3 is 2.76 bits per heavy atom. The highest BCUT2D eigenvalue weighted by Gasteiger charge is 2.35. The summed E-state index contributed by atoms with van der Waals surface area (Å²) in [7, 11) is 0. The molecule has 3 atom stereocenters. The van der Waals surface area contributed by atoms with Gasteiger partial charge >= 0.3 is 5.69 Å². The van der Waals surface area contributed by atoms with E-state index in [4.69, 9.17) is 15.6 Å². The standard InChI is InChI=1S/C13H21N3O5/c1-8-6-16(11-5-9(18)10(7-17)21-11)13(20)15(12(8)19)4-2-3-14/h6,9-11,17-18H,2-5,7,14H2,1H3/t9-,10+,11+/m0/s1. The van der Waals surface area contributed by atoms with E-state index in [-0.39, 0.29) is 25.1 Å². The Labute approximate surface area is 121 Å². The predicted octanol–water partition coefficient (Wildman–Crippen LogP) is -1.69. The van der Waals surface area contributed by atoms with Crippen LogP contribution in [0.5, 0.6) is 0 Å². The number of nitrogens with zero attached hydrogens (tertiary/aromatic N) is 2. The molecule has 0 saturated carbocycles. The lowest BCUT2D eigenvalue weighted by molar-refractivity contribution is -0.0463. The van der Waals surface area contributed by atoms with Crippen molar-refractivity contribution >= 4 is 0 Å². The van der Waals surface area contributed by atoms with Crippen molar-refractivity contribution in [2.45, 2.75) is 44.7 Å². The molecule has 0 bridgehead atoms. The Morgan fingerprint density at radius 2 is 2.19 bits per heavy atom. The van der Waals surface area contributed by atoms with E-state index in [1.165, 1.54) is 10.8 Å². The quantitative estimate of drug-likeness (QED) is 0.596. The topological polar surface area (TPSA) is 120 Å². The summed E-state index contributed by atoms with van der Waals surface area (Å²) in [5.41, 5.74) is 5.00. The molecule has 0 aromatic carbocycles. The lowest BCUT2D eigenvalue weighted by atomic mass is 10.2. The Morgan fingerprint density at radius 1 is 1.48 bits per heavy atom. The molecule has 1 aliphatic rings. The Balaban J connectivity index is 2.39. The minimum Gasteiger partial charge on any atom is -0.394 e. The highest BCUT2D eigenvalue weighted by Crippen LogP contribution is 2.27. The molecule has 4 N–H and O–H groups in total. The number of rotatable bonds is 5. The summed E-state index contributed by atoms with van der Waals surface area (Å²) < 4.78 is 7.89. The first-order valence-corrected chi connectivity index (χ1v) is 6.96. The SMILES string of the molecule is Cc1cn([C@H]2C[C@H](O)[C@@H](CO)O2)c(=O)n(CCCN)c1=O. The number of hydrogen-bond acceptors (Lipinski definition) is 6. The van der Waals surface area contributed by atoms with Gasteiger partial charge < -0.3 is 20.7 Å². The highest BCUT2D eigenvalue weighted by atomic mass is 16.5. The van der Waals surface area contributed by atoms with E-state index in [1.807, 2.05) is 0 Å². The second kappa shape index (κ2) is 6.52. The van der Waals surface area contributed by atoms with Gasteiger partial charge in [-0.2, -0.15) is 0 Å². The number of ether oxygens (including phenoxy) is 1. The zero-order valence-electron chi connectivity index (χ0n) is 11.9. The number of aryl methyl sites for hydroxylation is 1. The van der Waals surface area contributed by atoms with Crippen molar-refractivity contribution in [1.29, 1.82) is 0 Å². The van der Waals surface area contributed by atoms with Gasteiger partial charge in [0, 0.05) is 24.7 Å². The average molecular weight is 299 g/mol. The van der Waals surface area contributed by atoms with E-state index in [9.17, 15) is 14.7 Å². The third-order valence-corrected chi connectivity index (χ3v) is 3.65. The van der Waals surface area contributed by atoms with Crippen molar-refractivity contribution in [3.8, 4) is 0 Å². The second-order valence-electron chi connectivity index (χ2n) is 5.22. The monoisotopic (exact) mass is 299 g/mol. The van der Waals surface area contributed by atoms with Crippen LogP contribution < -0.4 is 17.0 Å². The summed E-state index contributed by atoms with van der Waals surface area (Å²) in [6, 6.07) is 0. The van der Waals surface area contributed by atoms with Crippen LogP contribution >= 0.6 is 0 Å². The van der Waals surface area contributed by atoms with Gasteiger partial charge in [0.1, 0.15) is 12.3 Å². The van der Waals surface area contributed by atoms with E-state index in [2.05, 4.69) is 0 Å². The molecule has 0 radical (unpaired) electrons. The molecule has 2 rings (SSSR count). The molecule has 8 nitrogen and oxygen atoms in total. The molecule has 1 aliphatic heterocycles. The van der Waals surface area contributed by atoms with Gasteiger partial charge in [-0.3, -0.25) is 13.9 Å². The fourth-order valence-corrected chi connectivity index (χ4v) is 2.46. The van der Waals surface area contributed by atoms with E-state index in [0.717, 1.165) is 4.57 Å². The first kappa shape index (κ1) is 15.9. The fraction of sp³-hybridized carbons (Fsp3) is 0.692. The van der Waals surface area contributed by atoms with Gasteiger partial charge in [0.2, 0.25) is 0 Å². The van der Waals surface area contributed by atoms with Gasteiger partial charge in [0.25, 0.3) is 5.56 Å². The molecule has 0 unspecified atom stereocenters. The molecule has 0 amide bonds. The van der Waals surface area contributed by atoms with Crippen LogP contribution in [0.1, 0.15) is 24.6 Å². The maximum absolute atomic E-state index is 12.4. The van der Waals surface area contributed by atoms with Crippen molar-refractivity contribution in [2.24, 2.45) is 5.73 Å². The Kier molecular flexibility index (Phi) is 4.94. The van der Waals surface area contributed by atoms with Crippen molar-refractivity contribution in [2.75, 3.05) is 13.2 Å². The lowest BCUT2D eigenvalue weighted by Crippen LogP contribution is -2.42. The van der Waals surface area contributed by atoms with Crippen LogP contribution in [0.25, 0.3) is 0 Å². The molecular formula is C13H21N3O5. The van der Waals surface area contributed by atoms with Crippen molar-refractivity contribution in [3.63, 3.8) is 0 Å². The predicted molar refractivity (Wildman–Crippen MR) is 75.0 cm³/mol. The third kappa shape index (κ3) is 3.08. The third-order valence-electron chi connectivity index (χ3n) is 3.65. The summed E-state index contributed by atoms with van der Waals surface area (Å²) in [5.74, 6) is 0. The molecule has 1 aromatic heterocycles. The average Bonchev–Trinajstić information content (AvgIpc) is 2.84. The van der Waals surface area contributed by atoms with Crippen LogP contribution in [0.15, 0.2) is 15.8 Å². The van der Waals surface area contributed by atoms with E-state index in [0.29, 0.717) is 18.5 Å². The lowest BCUT2D eigenvalue weighted by Gasteiger charge is -2.17. The molecule has 0 spiro atoms. The van der Waals surface area contributed by atoms with Gasteiger partial charge in [-0.1, -0.05) is 0 Å². The van der Waals surface area contributed by atoms with Gasteiger partial charge in [-0.15, -0.1) is 0 Å². The normalized spacial score (nSPS) is 25.4. The largest absolute Gasteiger partial charge is 0.394 e. The van der Waals surface area contributed by atoms with Crippen molar-refractivity contribution in [3.05, 3.63) is 32.6 Å². The van der Waals surface area contributed by atoms with Crippen molar-refractivity contribution < 1.29 is 14.9 Å². The number of aromatic nitrogens is 2. The molecule has 2 heterocycles. The number of nitrogens with two attached hydrogens (primary N) is 1. The maximum Gasteiger partial charge on any atom is 0.333 e. The minimum absolute atomic E-state index is 0.194. The van der Waals surface area contributed by atoms with Crippen LogP contribution in [-0.2, 0) is 11.3 Å². The summed E-state index contributed by atoms with van der Waals surface area (Å²) in [5, 5.41) is 18.9. The zero-order chi connectivity index (χ0) is 15.6. The van der Waals surface area contributed by atoms with Gasteiger partial charge in [0.15, 0.2) is 0 Å². The molecular weight excluding hydrogens is 278 g/mol. The number of hydrogen-bond donors (Lipinski definition) is 3. The van der Waals surface area contributed by atoms with Crippen LogP contribution in [0.4, 0.5) is 0 Å². The molecule has 1 fully saturated rings. The number of aliphatic hydroxyl groups excluding tert-OH is 2. The summed E-state index contributed by atoms with van der Waals surface area (Å²) in [4.78, 5) is 24.4. The Hall–Kier alpha value is -1.48. The van der Waals surface area contributed by atoms with Crippen LogP contribution in [-0.4, -0.2) is 44.7 Å². The van der Waals surface area contributed by atoms with Crippen LogP contribution in [0.2, 0.25) is 0 Å². The first-order valence-electron chi connectivity index (χ1n) is 6.96. The highest BCUT2D eigenvalue weighted by molar-refractivity contribution is 5.04. The smallest absolute Gasteiger partial charge is 0.333 e. The summed E-state index contributed by atoms with van der Waals surface area (Å²) in [6.07, 6.45) is -0.0942. The molecule has 118 valence electrons. The molecule has 8 heteroatoms. The van der Waals surface area contributed by atoms with Crippen LogP contribution in [0, 0.1) is 6.92 Å². The van der Waals surface area contributed by atoms with E-state index in [1.54, 1.807) is 6.92 Å². The van der Waals surface area contributed by atoms with Crippen LogP contribution in [0.3, 0.4) is 0 Å². The maximum atomic E-state index is 12.4.